The highest BCUT2D eigenvalue weighted by Gasteiger charge is 2.07. The molecule has 0 radical (unpaired) electrons. The lowest BCUT2D eigenvalue weighted by Gasteiger charge is -1.90. The van der Waals surface area contributed by atoms with Crippen LogP contribution in [0.5, 0.6) is 0 Å². The van der Waals surface area contributed by atoms with Gasteiger partial charge < -0.3 is 0 Å². The van der Waals surface area contributed by atoms with Gasteiger partial charge in [0.1, 0.15) is 12.7 Å². The molecule has 2 aromatic heterocycles. The van der Waals surface area contributed by atoms with Crippen molar-refractivity contribution in [2.75, 3.05) is 0 Å². The van der Waals surface area contributed by atoms with Gasteiger partial charge >= 0.3 is 0 Å². The molecule has 0 unspecified atom stereocenters. The van der Waals surface area contributed by atoms with Gasteiger partial charge in [-0.3, -0.25) is 4.79 Å². The van der Waals surface area contributed by atoms with Crippen molar-refractivity contribution in [2.24, 2.45) is 0 Å². The summed E-state index contributed by atoms with van der Waals surface area (Å²) in [7, 11) is 0. The smallest absolute Gasteiger partial charge is 0.188 e. The molecule has 0 bridgehead atoms. The predicted molar refractivity (Wildman–Crippen MR) is 47.0 cm³/mol. The summed E-state index contributed by atoms with van der Waals surface area (Å²) in [5.74, 6) is 0.601. The van der Waals surface area contributed by atoms with Gasteiger partial charge in [0.25, 0.3) is 0 Å². The number of nitrogens with zero attached hydrogens (tertiary/aromatic N) is 4. The zero-order valence-electron chi connectivity index (χ0n) is 6.84. The summed E-state index contributed by atoms with van der Waals surface area (Å²) < 4.78 is 1.52. The summed E-state index contributed by atoms with van der Waals surface area (Å²) in [6.45, 7) is 1.49. The van der Waals surface area contributed by atoms with Gasteiger partial charge in [0, 0.05) is 12.3 Å². The summed E-state index contributed by atoms with van der Waals surface area (Å²) in [6.07, 6.45) is 2.96. The highest BCUT2D eigenvalue weighted by molar-refractivity contribution is 7.11. The zero-order valence-corrected chi connectivity index (χ0v) is 7.65. The second-order valence-corrected chi connectivity index (χ2v) is 3.27. The van der Waals surface area contributed by atoms with Crippen LogP contribution < -0.4 is 0 Å². The molecule has 0 aliphatic rings. The fourth-order valence-electron chi connectivity index (χ4n) is 0.859. The van der Waals surface area contributed by atoms with E-state index in [1.165, 1.54) is 29.3 Å². The number of carbonyl (C=O) groups excluding carboxylic acids is 1. The molecule has 13 heavy (non-hydrogen) atoms. The standard InChI is InChI=1S/C7H6N4OS/c1-5(12)7-10-6(2-13-7)11-4-8-3-9-11/h2-4H,1H3. The molecule has 0 aromatic carbocycles. The molecular weight excluding hydrogens is 188 g/mol. The van der Waals surface area contributed by atoms with E-state index >= 15 is 0 Å². The summed E-state index contributed by atoms with van der Waals surface area (Å²) in [5.41, 5.74) is 0. The molecule has 2 rings (SSSR count). The van der Waals surface area contributed by atoms with E-state index in [0.717, 1.165) is 0 Å². The van der Waals surface area contributed by atoms with Gasteiger partial charge in [0.05, 0.1) is 0 Å². The Kier molecular flexibility index (Phi) is 1.90. The van der Waals surface area contributed by atoms with Crippen LogP contribution in [0.25, 0.3) is 5.82 Å². The number of hydrogen-bond acceptors (Lipinski definition) is 5. The van der Waals surface area contributed by atoms with Gasteiger partial charge in [-0.05, 0) is 0 Å². The molecule has 0 aliphatic carbocycles. The molecule has 0 spiro atoms. The molecule has 0 amide bonds. The van der Waals surface area contributed by atoms with Crippen LogP contribution in [0.1, 0.15) is 16.7 Å². The van der Waals surface area contributed by atoms with Crippen molar-refractivity contribution in [3.63, 3.8) is 0 Å². The Morgan fingerprint density at radius 2 is 2.46 bits per heavy atom. The van der Waals surface area contributed by atoms with E-state index in [4.69, 9.17) is 0 Å². The van der Waals surface area contributed by atoms with E-state index in [-0.39, 0.29) is 5.78 Å². The number of hydrogen-bond donors (Lipinski definition) is 0. The van der Waals surface area contributed by atoms with Crippen molar-refractivity contribution in [1.82, 2.24) is 19.7 Å². The number of thiazole rings is 1. The Labute approximate surface area is 78.1 Å². The molecule has 0 saturated heterocycles. The SMILES string of the molecule is CC(=O)c1nc(-n2cncn2)cs1. The first kappa shape index (κ1) is 8.06. The van der Waals surface area contributed by atoms with Gasteiger partial charge in [-0.25, -0.2) is 14.6 Å². The van der Waals surface area contributed by atoms with E-state index in [0.29, 0.717) is 10.8 Å². The largest absolute Gasteiger partial charge is 0.292 e. The Morgan fingerprint density at radius 3 is 3.00 bits per heavy atom. The third-order valence-corrected chi connectivity index (χ3v) is 2.38. The second-order valence-electron chi connectivity index (χ2n) is 2.41. The van der Waals surface area contributed by atoms with E-state index in [1.54, 1.807) is 11.7 Å². The topological polar surface area (TPSA) is 60.7 Å². The first-order valence-corrected chi connectivity index (χ1v) is 4.47. The molecule has 0 N–H and O–H groups in total. The normalized spacial score (nSPS) is 10.2. The van der Waals surface area contributed by atoms with Gasteiger partial charge in [0.2, 0.25) is 0 Å². The Bertz CT molecular complexity index is 419. The second kappa shape index (κ2) is 3.06. The van der Waals surface area contributed by atoms with Crippen LogP contribution in [-0.4, -0.2) is 25.5 Å². The molecule has 0 saturated carbocycles. The maximum Gasteiger partial charge on any atom is 0.188 e. The molecule has 2 heterocycles. The van der Waals surface area contributed by atoms with Crippen LogP contribution in [0.3, 0.4) is 0 Å². The fraction of sp³-hybridized carbons (Fsp3) is 0.143. The molecular formula is C7H6N4OS. The quantitative estimate of drug-likeness (QED) is 0.667. The lowest BCUT2D eigenvalue weighted by molar-refractivity contribution is 0.101. The van der Waals surface area contributed by atoms with Crippen molar-refractivity contribution in [3.8, 4) is 5.82 Å². The predicted octanol–water partition coefficient (Wildman–Crippen LogP) is 0.926. The van der Waals surface area contributed by atoms with Crippen LogP contribution in [0.15, 0.2) is 18.0 Å². The van der Waals surface area contributed by atoms with E-state index in [1.807, 2.05) is 0 Å². The van der Waals surface area contributed by atoms with Gasteiger partial charge in [-0.2, -0.15) is 5.10 Å². The van der Waals surface area contributed by atoms with Crippen LogP contribution in [-0.2, 0) is 0 Å². The number of rotatable bonds is 2. The molecule has 2 aromatic rings. The third-order valence-electron chi connectivity index (χ3n) is 1.45. The number of aromatic nitrogens is 4. The minimum atomic E-state index is -0.0311. The Morgan fingerprint density at radius 1 is 1.62 bits per heavy atom. The maximum absolute atomic E-state index is 10.9. The average Bonchev–Trinajstić information content (AvgIpc) is 2.75. The van der Waals surface area contributed by atoms with Crippen molar-refractivity contribution >= 4 is 17.1 Å². The lowest BCUT2D eigenvalue weighted by Crippen LogP contribution is -1.96. The summed E-state index contributed by atoms with van der Waals surface area (Å²) >= 11 is 1.31. The monoisotopic (exact) mass is 194 g/mol. The average molecular weight is 194 g/mol. The van der Waals surface area contributed by atoms with E-state index in [9.17, 15) is 4.79 Å². The van der Waals surface area contributed by atoms with Crippen molar-refractivity contribution in [3.05, 3.63) is 23.0 Å². The van der Waals surface area contributed by atoms with Crippen LogP contribution in [0, 0.1) is 0 Å². The molecule has 0 aliphatic heterocycles. The first-order chi connectivity index (χ1) is 6.27. The van der Waals surface area contributed by atoms with E-state index in [2.05, 4.69) is 15.1 Å². The molecule has 0 atom stereocenters. The van der Waals surface area contributed by atoms with Crippen molar-refractivity contribution in [2.45, 2.75) is 6.92 Å². The highest BCUT2D eigenvalue weighted by Crippen LogP contribution is 2.12. The summed E-state index contributed by atoms with van der Waals surface area (Å²) in [5, 5.41) is 6.16. The Balaban J connectivity index is 2.39. The van der Waals surface area contributed by atoms with Gasteiger partial charge in [0.15, 0.2) is 16.6 Å². The Hall–Kier alpha value is -1.56. The molecule has 0 fully saturated rings. The highest BCUT2D eigenvalue weighted by atomic mass is 32.1. The number of carbonyl (C=O) groups is 1. The minimum Gasteiger partial charge on any atom is -0.292 e. The van der Waals surface area contributed by atoms with Crippen LogP contribution in [0.2, 0.25) is 0 Å². The van der Waals surface area contributed by atoms with Crippen LogP contribution >= 0.6 is 11.3 Å². The third kappa shape index (κ3) is 1.48. The van der Waals surface area contributed by atoms with Crippen molar-refractivity contribution in [1.29, 1.82) is 0 Å². The van der Waals surface area contributed by atoms with E-state index < -0.39 is 0 Å². The first-order valence-electron chi connectivity index (χ1n) is 3.59. The number of Topliss-reactive ketones (excluding diaryl/α,β-unsaturated/α-hetero) is 1. The fourth-order valence-corrected chi connectivity index (χ4v) is 1.55. The summed E-state index contributed by atoms with van der Waals surface area (Å²) in [4.78, 5) is 18.8. The van der Waals surface area contributed by atoms with Crippen LogP contribution in [0.4, 0.5) is 0 Å². The summed E-state index contributed by atoms with van der Waals surface area (Å²) in [6, 6.07) is 0. The molecule has 66 valence electrons. The minimum absolute atomic E-state index is 0.0311. The van der Waals surface area contributed by atoms with Gasteiger partial charge in [-0.15, -0.1) is 11.3 Å². The zero-order chi connectivity index (χ0) is 9.26. The maximum atomic E-state index is 10.9. The van der Waals surface area contributed by atoms with Gasteiger partial charge in [-0.1, -0.05) is 0 Å². The number of ketones is 1. The lowest BCUT2D eigenvalue weighted by atomic mass is 10.5. The van der Waals surface area contributed by atoms with Crippen molar-refractivity contribution < 1.29 is 4.79 Å². The molecule has 6 heteroatoms. The molecule has 5 nitrogen and oxygen atoms in total.